The van der Waals surface area contributed by atoms with Crippen LogP contribution in [0.1, 0.15) is 6.92 Å². The molecule has 3 N–H and O–H groups in total. The molecule has 1 saturated heterocycles. The lowest BCUT2D eigenvalue weighted by Gasteiger charge is -2.32. The van der Waals surface area contributed by atoms with Crippen LogP contribution < -0.4 is 16.2 Å². The van der Waals surface area contributed by atoms with Gasteiger partial charge in [0, 0.05) is 13.1 Å². The summed E-state index contributed by atoms with van der Waals surface area (Å²) in [5.74, 6) is 6.08. The molecule has 1 aliphatic rings. The maximum absolute atomic E-state index is 10.8. The number of morpholine rings is 1. The van der Waals surface area contributed by atoms with E-state index in [1.54, 1.807) is 0 Å². The molecule has 18 heavy (non-hydrogen) atoms. The average molecular weight is 253 g/mol. The summed E-state index contributed by atoms with van der Waals surface area (Å²) in [6.07, 6.45) is 0.0779. The van der Waals surface area contributed by atoms with Crippen molar-refractivity contribution in [1.29, 1.82) is 0 Å². The number of nitrogens with zero attached hydrogens (tertiary/aromatic N) is 3. The number of hydrogen-bond donors (Lipinski definition) is 2. The lowest BCUT2D eigenvalue weighted by molar-refractivity contribution is -0.384. The van der Waals surface area contributed by atoms with E-state index in [1.165, 1.54) is 12.1 Å². The second kappa shape index (κ2) is 5.15. The molecular weight excluding hydrogens is 238 g/mol. The van der Waals surface area contributed by atoms with Crippen LogP contribution in [0.15, 0.2) is 12.1 Å². The minimum absolute atomic E-state index is 0.0351. The zero-order valence-corrected chi connectivity index (χ0v) is 10.00. The molecule has 0 saturated carbocycles. The first-order valence-electron chi connectivity index (χ1n) is 5.60. The number of hydrogen-bond acceptors (Lipinski definition) is 7. The number of nitrogens with two attached hydrogens (primary N) is 1. The minimum atomic E-state index is -0.462. The zero-order valence-electron chi connectivity index (χ0n) is 10.00. The number of hydrazine groups is 1. The molecule has 1 fully saturated rings. The molecule has 0 amide bonds. The predicted molar refractivity (Wildman–Crippen MR) is 66.3 cm³/mol. The van der Waals surface area contributed by atoms with Crippen LogP contribution in [0, 0.1) is 10.1 Å². The Balaban J connectivity index is 2.31. The van der Waals surface area contributed by atoms with E-state index < -0.39 is 4.92 Å². The van der Waals surface area contributed by atoms with E-state index in [0.717, 1.165) is 0 Å². The van der Waals surface area contributed by atoms with Gasteiger partial charge in [0.15, 0.2) is 0 Å². The number of nitrogen functional groups attached to an aromatic ring is 1. The maximum atomic E-state index is 10.8. The smallest absolute Gasteiger partial charge is 0.276 e. The Kier molecular flexibility index (Phi) is 3.58. The first kappa shape index (κ1) is 12.5. The van der Waals surface area contributed by atoms with Gasteiger partial charge in [-0.3, -0.25) is 10.1 Å². The highest BCUT2D eigenvalue weighted by molar-refractivity contribution is 5.55. The molecule has 1 aliphatic heterocycles. The SMILES string of the molecule is CC1CN(c2cc([N+](=O)[O-])cc(NN)n2)CCO1. The summed E-state index contributed by atoms with van der Waals surface area (Å²) in [7, 11) is 0. The summed E-state index contributed by atoms with van der Waals surface area (Å²) >= 11 is 0. The highest BCUT2D eigenvalue weighted by atomic mass is 16.6. The van der Waals surface area contributed by atoms with Gasteiger partial charge in [-0.05, 0) is 6.92 Å². The average Bonchev–Trinajstić information content (AvgIpc) is 2.38. The van der Waals surface area contributed by atoms with Crippen LogP contribution in [0.3, 0.4) is 0 Å². The first-order valence-corrected chi connectivity index (χ1v) is 5.60. The molecule has 8 nitrogen and oxygen atoms in total. The summed E-state index contributed by atoms with van der Waals surface area (Å²) in [5.41, 5.74) is 2.30. The van der Waals surface area contributed by atoms with Gasteiger partial charge in [-0.1, -0.05) is 0 Å². The molecule has 8 heteroatoms. The highest BCUT2D eigenvalue weighted by Crippen LogP contribution is 2.24. The van der Waals surface area contributed by atoms with Gasteiger partial charge in [0.2, 0.25) is 0 Å². The lowest BCUT2D eigenvalue weighted by Crippen LogP contribution is -2.41. The van der Waals surface area contributed by atoms with Crippen molar-refractivity contribution >= 4 is 17.3 Å². The fourth-order valence-electron chi connectivity index (χ4n) is 1.87. The maximum Gasteiger partial charge on any atom is 0.276 e. The van der Waals surface area contributed by atoms with Gasteiger partial charge in [0.25, 0.3) is 5.69 Å². The highest BCUT2D eigenvalue weighted by Gasteiger charge is 2.21. The van der Waals surface area contributed by atoms with Gasteiger partial charge in [-0.2, -0.15) is 0 Å². The summed E-state index contributed by atoms with van der Waals surface area (Å²) in [6, 6.07) is 2.74. The van der Waals surface area contributed by atoms with Crippen molar-refractivity contribution in [2.75, 3.05) is 30.0 Å². The molecule has 1 unspecified atom stereocenters. The summed E-state index contributed by atoms with van der Waals surface area (Å²) in [4.78, 5) is 16.5. The van der Waals surface area contributed by atoms with Crippen LogP contribution in [0.5, 0.6) is 0 Å². The van der Waals surface area contributed by atoms with Crippen molar-refractivity contribution in [3.63, 3.8) is 0 Å². The number of aromatic nitrogens is 1. The van der Waals surface area contributed by atoms with E-state index >= 15 is 0 Å². The van der Waals surface area contributed by atoms with Crippen molar-refractivity contribution in [3.8, 4) is 0 Å². The Bertz CT molecular complexity index is 453. The van der Waals surface area contributed by atoms with E-state index in [1.807, 2.05) is 11.8 Å². The molecule has 2 heterocycles. The van der Waals surface area contributed by atoms with Crippen LogP contribution in [0.4, 0.5) is 17.3 Å². The van der Waals surface area contributed by atoms with E-state index in [9.17, 15) is 10.1 Å². The molecule has 1 aromatic rings. The third kappa shape index (κ3) is 2.66. The Morgan fingerprint density at radius 1 is 1.67 bits per heavy atom. The first-order chi connectivity index (χ1) is 8.60. The molecule has 1 aromatic heterocycles. The number of ether oxygens (including phenoxy) is 1. The Morgan fingerprint density at radius 3 is 3.06 bits per heavy atom. The zero-order chi connectivity index (χ0) is 13.1. The molecule has 98 valence electrons. The van der Waals surface area contributed by atoms with Gasteiger partial charge in [0.05, 0.1) is 29.8 Å². The van der Waals surface area contributed by atoms with Crippen molar-refractivity contribution < 1.29 is 9.66 Å². The van der Waals surface area contributed by atoms with Crippen molar-refractivity contribution in [3.05, 3.63) is 22.2 Å². The van der Waals surface area contributed by atoms with Gasteiger partial charge in [0.1, 0.15) is 11.6 Å². The predicted octanol–water partition coefficient (Wildman–Crippen LogP) is 0.500. The van der Waals surface area contributed by atoms with Crippen LogP contribution in [-0.2, 0) is 4.74 Å². The van der Waals surface area contributed by atoms with Gasteiger partial charge >= 0.3 is 0 Å². The standard InChI is InChI=1S/C10H15N5O3/c1-7-6-14(2-3-18-7)10-5-8(15(16)17)4-9(12-10)13-11/h4-5,7H,2-3,6,11H2,1H3,(H,12,13). The van der Waals surface area contributed by atoms with Crippen LogP contribution in [-0.4, -0.2) is 35.7 Å². The summed E-state index contributed by atoms with van der Waals surface area (Å²) in [6.45, 7) is 3.84. The van der Waals surface area contributed by atoms with Crippen LogP contribution >= 0.6 is 0 Å². The largest absolute Gasteiger partial charge is 0.375 e. The second-order valence-electron chi connectivity index (χ2n) is 4.10. The van der Waals surface area contributed by atoms with Crippen molar-refractivity contribution in [1.82, 2.24) is 4.98 Å². The molecule has 0 aliphatic carbocycles. The van der Waals surface area contributed by atoms with E-state index in [2.05, 4.69) is 10.4 Å². The Hall–Kier alpha value is -1.93. The van der Waals surface area contributed by atoms with Crippen molar-refractivity contribution in [2.45, 2.75) is 13.0 Å². The van der Waals surface area contributed by atoms with Gasteiger partial charge in [-0.25, -0.2) is 10.8 Å². The van der Waals surface area contributed by atoms with Crippen molar-refractivity contribution in [2.24, 2.45) is 5.84 Å². The summed E-state index contributed by atoms with van der Waals surface area (Å²) in [5, 5.41) is 10.8. The van der Waals surface area contributed by atoms with Gasteiger partial charge < -0.3 is 15.1 Å². The van der Waals surface area contributed by atoms with Crippen LogP contribution in [0.25, 0.3) is 0 Å². The third-order valence-corrected chi connectivity index (χ3v) is 2.72. The summed E-state index contributed by atoms with van der Waals surface area (Å²) < 4.78 is 5.42. The molecule has 0 aromatic carbocycles. The number of nitrogens with one attached hydrogen (secondary N) is 1. The normalized spacial score (nSPS) is 19.7. The Morgan fingerprint density at radius 2 is 2.44 bits per heavy atom. The molecule has 0 radical (unpaired) electrons. The quantitative estimate of drug-likeness (QED) is 0.459. The Labute approximate surface area is 104 Å². The number of pyridine rings is 1. The lowest BCUT2D eigenvalue weighted by atomic mass is 10.3. The molecular formula is C10H15N5O3. The van der Waals surface area contributed by atoms with E-state index in [4.69, 9.17) is 10.6 Å². The monoisotopic (exact) mass is 253 g/mol. The van der Waals surface area contributed by atoms with Gasteiger partial charge in [-0.15, -0.1) is 0 Å². The molecule has 0 bridgehead atoms. The van der Waals surface area contributed by atoms with E-state index in [0.29, 0.717) is 25.5 Å². The fraction of sp³-hybridized carbons (Fsp3) is 0.500. The second-order valence-corrected chi connectivity index (χ2v) is 4.10. The number of nitro groups is 1. The molecule has 1 atom stereocenters. The minimum Gasteiger partial charge on any atom is -0.375 e. The fourth-order valence-corrected chi connectivity index (χ4v) is 1.87. The van der Waals surface area contributed by atoms with Crippen LogP contribution in [0.2, 0.25) is 0 Å². The third-order valence-electron chi connectivity index (χ3n) is 2.72. The molecule has 0 spiro atoms. The number of rotatable bonds is 3. The topological polar surface area (TPSA) is 107 Å². The number of anilines is 2. The molecule has 2 rings (SSSR count). The van der Waals surface area contributed by atoms with E-state index in [-0.39, 0.29) is 17.6 Å².